The van der Waals surface area contributed by atoms with Crippen LogP contribution in [0.2, 0.25) is 0 Å². The molecule has 2 atom stereocenters. The quantitative estimate of drug-likeness (QED) is 0.164. The van der Waals surface area contributed by atoms with Gasteiger partial charge < -0.3 is 19.4 Å². The Morgan fingerprint density at radius 1 is 0.500 bits per heavy atom. The lowest BCUT2D eigenvalue weighted by molar-refractivity contribution is 0.483. The molecule has 0 radical (unpaired) electrons. The summed E-state index contributed by atoms with van der Waals surface area (Å²) in [5, 5.41) is 0.669. The van der Waals surface area contributed by atoms with Gasteiger partial charge in [0.05, 0.1) is 10.5 Å². The molecular formula is C47H32BN3OS2. The van der Waals surface area contributed by atoms with Crippen molar-refractivity contribution in [3.8, 4) is 11.5 Å². The lowest BCUT2D eigenvalue weighted by Crippen LogP contribution is -2.55. The van der Waals surface area contributed by atoms with Crippen LogP contribution in [-0.4, -0.2) is 12.0 Å². The predicted octanol–water partition coefficient (Wildman–Crippen LogP) is 11.8. The molecule has 0 amide bonds. The molecule has 0 aromatic heterocycles. The van der Waals surface area contributed by atoms with Crippen LogP contribution >= 0.6 is 23.5 Å². The van der Waals surface area contributed by atoms with Crippen molar-refractivity contribution in [1.29, 1.82) is 0 Å². The Kier molecular flexibility index (Phi) is 6.60. The molecule has 7 aromatic rings. The lowest BCUT2D eigenvalue weighted by Gasteiger charge is -2.44. The first-order valence-corrected chi connectivity index (χ1v) is 20.3. The van der Waals surface area contributed by atoms with E-state index in [0.29, 0.717) is 10.5 Å². The highest BCUT2D eigenvalue weighted by atomic mass is 32.2. The van der Waals surface area contributed by atoms with E-state index in [1.165, 1.54) is 60.2 Å². The molecular weight excluding hydrogens is 697 g/mol. The number of nitrogens with zero attached hydrogens (tertiary/aromatic N) is 3. The van der Waals surface area contributed by atoms with Crippen LogP contribution in [0.4, 0.5) is 45.5 Å². The van der Waals surface area contributed by atoms with Crippen molar-refractivity contribution >= 4 is 86.7 Å². The fourth-order valence-electron chi connectivity index (χ4n) is 9.19. The second kappa shape index (κ2) is 11.6. The summed E-state index contributed by atoms with van der Waals surface area (Å²) in [5.41, 5.74) is 16.0. The van der Waals surface area contributed by atoms with Gasteiger partial charge in [-0.15, -0.1) is 23.5 Å². The van der Waals surface area contributed by atoms with Crippen LogP contribution in [-0.2, 0) is 0 Å². The van der Waals surface area contributed by atoms with Crippen LogP contribution in [0.5, 0.6) is 11.5 Å². The number of hydrogen-bond acceptors (Lipinski definition) is 6. The molecule has 0 aliphatic carbocycles. The Balaban J connectivity index is 1.16. The minimum atomic E-state index is 0.0927. The zero-order chi connectivity index (χ0) is 35.5. The Bertz CT molecular complexity index is 2720. The molecule has 5 heterocycles. The van der Waals surface area contributed by atoms with Gasteiger partial charge in [0.25, 0.3) is 6.71 Å². The number of anilines is 8. The van der Waals surface area contributed by atoms with Crippen molar-refractivity contribution in [2.24, 2.45) is 0 Å². The molecule has 4 nitrogen and oxygen atoms in total. The molecule has 0 saturated heterocycles. The van der Waals surface area contributed by atoms with Crippen LogP contribution in [0, 0.1) is 6.92 Å². The number of fused-ring (bicyclic) bond motifs is 13. The summed E-state index contributed by atoms with van der Waals surface area (Å²) in [5.74, 6) is 1.61. The highest BCUT2D eigenvalue weighted by Gasteiger charge is 2.54. The maximum atomic E-state index is 6.64. The van der Waals surface area contributed by atoms with Crippen LogP contribution < -0.4 is 30.4 Å². The van der Waals surface area contributed by atoms with Crippen molar-refractivity contribution < 1.29 is 4.74 Å². The Morgan fingerprint density at radius 2 is 1.11 bits per heavy atom. The standard InChI is InChI=1S/C47H32BN3OS2/c1-29-24-40-43-41(25-29)51(31-14-6-3-7-15-31)44-46-45(37-20-8-9-21-42(37)53-46)54-47(44)48(43)38-23-22-34-28-39(38)50(40)33-17-11-19-36(27-33)52-35-18-10-16-32(26-35)49(34)30-12-4-2-5-13-30/h2-28,45-46H,1H3/t45?,46-/m0/s1. The molecule has 7 heteroatoms. The fourth-order valence-corrected chi connectivity index (χ4v) is 12.6. The van der Waals surface area contributed by atoms with Crippen LogP contribution in [0.25, 0.3) is 0 Å². The number of rotatable bonds is 2. The van der Waals surface area contributed by atoms with Crippen molar-refractivity contribution in [3.63, 3.8) is 0 Å². The molecule has 5 aliphatic rings. The van der Waals surface area contributed by atoms with Gasteiger partial charge >= 0.3 is 0 Å². The number of hydrogen-bond donors (Lipinski definition) is 0. The summed E-state index contributed by atoms with van der Waals surface area (Å²) < 4.78 is 6.64. The van der Waals surface area contributed by atoms with Gasteiger partial charge in [-0.3, -0.25) is 0 Å². The number of para-hydroxylation sites is 2. The topological polar surface area (TPSA) is 19.0 Å². The van der Waals surface area contributed by atoms with Crippen LogP contribution in [0.3, 0.4) is 0 Å². The van der Waals surface area contributed by atoms with E-state index in [9.17, 15) is 0 Å². The Labute approximate surface area is 323 Å². The highest BCUT2D eigenvalue weighted by Crippen LogP contribution is 2.64. The summed E-state index contributed by atoms with van der Waals surface area (Å²) in [6.07, 6.45) is 0. The maximum absolute atomic E-state index is 6.64. The van der Waals surface area contributed by atoms with E-state index in [1.807, 2.05) is 17.8 Å². The first-order valence-electron chi connectivity index (χ1n) is 18.5. The zero-order valence-corrected chi connectivity index (χ0v) is 31.0. The molecule has 256 valence electrons. The summed E-state index contributed by atoms with van der Waals surface area (Å²) in [6.45, 7) is 2.34. The van der Waals surface area contributed by atoms with Gasteiger partial charge in [-0.25, -0.2) is 0 Å². The third kappa shape index (κ3) is 4.43. The third-order valence-electron chi connectivity index (χ3n) is 11.3. The molecule has 0 spiro atoms. The van der Waals surface area contributed by atoms with Gasteiger partial charge in [0.15, 0.2) is 0 Å². The second-order valence-corrected chi connectivity index (χ2v) is 16.9. The lowest BCUT2D eigenvalue weighted by atomic mass is 9.36. The molecule has 0 fully saturated rings. The Morgan fingerprint density at radius 3 is 1.85 bits per heavy atom. The monoisotopic (exact) mass is 729 g/mol. The van der Waals surface area contributed by atoms with Gasteiger partial charge in [-0.1, -0.05) is 72.8 Å². The smallest absolute Gasteiger partial charge is 0.259 e. The van der Waals surface area contributed by atoms with E-state index in [1.54, 1.807) is 0 Å². The minimum Gasteiger partial charge on any atom is -0.457 e. The molecule has 12 rings (SSSR count). The average Bonchev–Trinajstić information content (AvgIpc) is 3.75. The molecule has 5 aliphatic heterocycles. The maximum Gasteiger partial charge on any atom is 0.259 e. The molecule has 0 saturated carbocycles. The van der Waals surface area contributed by atoms with Gasteiger partial charge in [-0.05, 0) is 113 Å². The van der Waals surface area contributed by atoms with E-state index >= 15 is 0 Å². The zero-order valence-electron chi connectivity index (χ0n) is 29.4. The van der Waals surface area contributed by atoms with Gasteiger partial charge in [0.1, 0.15) is 11.5 Å². The van der Waals surface area contributed by atoms with E-state index in [-0.39, 0.29) is 6.71 Å². The van der Waals surface area contributed by atoms with E-state index in [2.05, 4.69) is 191 Å². The summed E-state index contributed by atoms with van der Waals surface area (Å²) in [6, 6.07) is 59.8. The fraction of sp³-hybridized carbons (Fsp3) is 0.0638. The first-order chi connectivity index (χ1) is 26.7. The van der Waals surface area contributed by atoms with Crippen molar-refractivity contribution in [2.45, 2.75) is 22.3 Å². The molecule has 54 heavy (non-hydrogen) atoms. The normalized spacial score (nSPS) is 18.2. The summed E-state index contributed by atoms with van der Waals surface area (Å²) in [7, 11) is 0. The van der Waals surface area contributed by atoms with Crippen molar-refractivity contribution in [1.82, 2.24) is 0 Å². The number of benzene rings is 7. The van der Waals surface area contributed by atoms with Crippen molar-refractivity contribution in [3.05, 3.63) is 185 Å². The molecule has 1 unspecified atom stereocenters. The second-order valence-electron chi connectivity index (χ2n) is 14.5. The SMILES string of the molecule is Cc1cc2c3c(c1)N1c4cccc(c4)Oc4cccc(c4)N(c4ccccc4)c4ccc(c1c4)B3C1=C([C@@H]3Sc4ccccc4C3S1)N2c1ccccc1. The Hall–Kier alpha value is -5.76. The summed E-state index contributed by atoms with van der Waals surface area (Å²) >= 11 is 4.13. The van der Waals surface area contributed by atoms with Crippen molar-refractivity contribution in [2.75, 3.05) is 14.7 Å². The van der Waals surface area contributed by atoms with E-state index < -0.39 is 0 Å². The van der Waals surface area contributed by atoms with Crippen LogP contribution in [0.1, 0.15) is 16.4 Å². The first kappa shape index (κ1) is 30.7. The van der Waals surface area contributed by atoms with Crippen LogP contribution in [0.15, 0.2) is 179 Å². The molecule has 7 aromatic carbocycles. The average molecular weight is 730 g/mol. The minimum absolute atomic E-state index is 0.0927. The number of ether oxygens (including phenoxy) is 1. The molecule has 6 bridgehead atoms. The largest absolute Gasteiger partial charge is 0.457 e. The van der Waals surface area contributed by atoms with Gasteiger partial charge in [-0.2, -0.15) is 0 Å². The molecule has 0 N–H and O–H groups in total. The van der Waals surface area contributed by atoms with Gasteiger partial charge in [0.2, 0.25) is 0 Å². The number of thioether (sulfide) groups is 2. The third-order valence-corrected chi connectivity index (χ3v) is 14.4. The van der Waals surface area contributed by atoms with Gasteiger partial charge in [0, 0.05) is 68.2 Å². The van der Waals surface area contributed by atoms with E-state index in [0.717, 1.165) is 34.2 Å². The van der Waals surface area contributed by atoms with E-state index in [4.69, 9.17) is 4.74 Å². The summed E-state index contributed by atoms with van der Waals surface area (Å²) in [4.78, 5) is 10.3. The number of aryl methyl sites for hydroxylation is 1. The highest BCUT2D eigenvalue weighted by molar-refractivity contribution is 8.09. The predicted molar refractivity (Wildman–Crippen MR) is 228 cm³/mol.